The summed E-state index contributed by atoms with van der Waals surface area (Å²) < 4.78 is 11.3. The molecule has 0 unspecified atom stereocenters. The maximum absolute atomic E-state index is 2.40. The van der Waals surface area contributed by atoms with E-state index >= 15 is 0 Å². The third kappa shape index (κ3) is 24.6. The number of aryl methyl sites for hydroxylation is 14. The van der Waals surface area contributed by atoms with Crippen molar-refractivity contribution in [3.63, 3.8) is 0 Å². The molecule has 0 aliphatic rings. The molecule has 0 bridgehead atoms. The molecule has 5 heteroatoms. The van der Waals surface area contributed by atoms with Crippen LogP contribution < -0.4 is 22.8 Å². The molecular weight excluding hydrogens is 1540 g/mol. The van der Waals surface area contributed by atoms with Gasteiger partial charge in [-0.15, -0.1) is 0 Å². The van der Waals surface area contributed by atoms with E-state index < -0.39 is 0 Å². The first-order chi connectivity index (χ1) is 59.6. The smallest absolute Gasteiger partial charge is 0.200 e. The van der Waals surface area contributed by atoms with Gasteiger partial charge in [0.2, 0.25) is 28.5 Å². The third-order valence-corrected chi connectivity index (χ3v) is 25.2. The number of nitrogens with zero attached hydrogens (tertiary/aromatic N) is 5. The van der Waals surface area contributed by atoms with Crippen molar-refractivity contribution in [2.24, 2.45) is 62.3 Å². The van der Waals surface area contributed by atoms with E-state index in [4.69, 9.17) is 0 Å². The lowest BCUT2D eigenvalue weighted by Crippen LogP contribution is -2.31. The summed E-state index contributed by atoms with van der Waals surface area (Å²) in [6, 6.07) is 75.9. The van der Waals surface area contributed by atoms with Crippen LogP contribution in [0.5, 0.6) is 0 Å². The van der Waals surface area contributed by atoms with E-state index in [2.05, 4.69) is 483 Å². The van der Waals surface area contributed by atoms with Gasteiger partial charge < -0.3 is 0 Å². The van der Waals surface area contributed by atoms with E-state index in [1.54, 1.807) is 0 Å². The molecule has 0 N–H and O–H groups in total. The Morgan fingerprint density at radius 3 is 0.827 bits per heavy atom. The molecule has 15 rings (SSSR count). The molecule has 0 spiro atoms. The van der Waals surface area contributed by atoms with Gasteiger partial charge in [0.1, 0.15) is 35.2 Å². The van der Waals surface area contributed by atoms with Gasteiger partial charge >= 0.3 is 0 Å². The van der Waals surface area contributed by atoms with Gasteiger partial charge in [-0.3, -0.25) is 0 Å². The molecule has 10 aromatic carbocycles. The average Bonchev–Trinajstić information content (AvgIpc) is 0.782. The standard InChI is InChI=1S/C26H34N.C25H32N.2C24H30N.C23H28N/c1-8-19-14-21(9-2)18(3)24(16-19)25-23-11-10-20(17-26(4,5)6)15-22(23)12-13-27(25)7;1-17(2)20-10-8-18(3)23(15-20)24-22-11-9-19(16-25(4,5)6)14-21(22)12-13-26(24)7;1-16-12-17(2)18(3)22(13-16)23-21-9-8-19(15-24(4,5)6)14-20(21)10-11-25(23)7;1-7-18-9-8-17(2)22(15-18)23-21-11-10-19(16-24(3,4)5)14-20(21)12-13-25(23)6;1-16-7-8-17(2)21(13-16)22-20-10-9-18(15-23(3,4)5)14-19(20)11-12-24(22)6/h10-16H,8-9,17H2,1-7H3;8-15,17H,16H2,1-7H3;8-14H,15H2,1-7H3;8-15H,7,16H2,1-6H3;7-14H,15H2,1-6H3/q5*+1. The zero-order chi connectivity index (χ0) is 92.9. The minimum atomic E-state index is 0.304. The Bertz CT molecular complexity index is 6500. The second kappa shape index (κ2) is 39.9. The van der Waals surface area contributed by atoms with Crippen LogP contribution in [0.3, 0.4) is 0 Å². The Morgan fingerprint density at radius 2 is 0.512 bits per heavy atom. The fourth-order valence-electron chi connectivity index (χ4n) is 18.7. The highest BCUT2D eigenvalue weighted by molar-refractivity contribution is 5.98. The molecular formula is C122H154N5+5. The zero-order valence-electron chi connectivity index (χ0n) is 84.4. The lowest BCUT2D eigenvalue weighted by molar-refractivity contribution is -0.659. The van der Waals surface area contributed by atoms with Crippen molar-refractivity contribution < 1.29 is 22.8 Å². The van der Waals surface area contributed by atoms with E-state index in [9.17, 15) is 0 Å². The molecule has 0 aliphatic heterocycles. The van der Waals surface area contributed by atoms with Crippen LogP contribution in [0, 0.1) is 82.5 Å². The number of aromatic nitrogens is 5. The van der Waals surface area contributed by atoms with Gasteiger partial charge in [-0.1, -0.05) is 259 Å². The highest BCUT2D eigenvalue weighted by Crippen LogP contribution is 2.40. The molecule has 0 saturated carbocycles. The first-order valence-electron chi connectivity index (χ1n) is 47.1. The Kier molecular flexibility index (Phi) is 30.4. The molecule has 5 heterocycles. The number of benzene rings is 10. The monoisotopic (exact) mass is 1690 g/mol. The number of hydrogen-bond donors (Lipinski definition) is 0. The minimum Gasteiger partial charge on any atom is -0.200 e. The summed E-state index contributed by atoms with van der Waals surface area (Å²) in [6.45, 7) is 63.4. The molecule has 0 atom stereocenters. The Labute approximate surface area is 767 Å². The van der Waals surface area contributed by atoms with E-state index in [1.165, 1.54) is 205 Å². The van der Waals surface area contributed by atoms with Crippen molar-refractivity contribution >= 4 is 53.9 Å². The quantitative estimate of drug-likeness (QED) is 0.0967. The predicted molar refractivity (Wildman–Crippen MR) is 549 cm³/mol. The van der Waals surface area contributed by atoms with E-state index in [1.807, 2.05) is 0 Å². The Morgan fingerprint density at radius 1 is 0.236 bits per heavy atom. The van der Waals surface area contributed by atoms with Crippen LogP contribution in [-0.4, -0.2) is 0 Å². The molecule has 127 heavy (non-hydrogen) atoms. The van der Waals surface area contributed by atoms with Gasteiger partial charge in [-0.2, -0.15) is 0 Å². The zero-order valence-corrected chi connectivity index (χ0v) is 84.4. The predicted octanol–water partition coefficient (Wildman–Crippen LogP) is 29.9. The Hall–Kier alpha value is -10.8. The number of pyridine rings is 5. The number of rotatable bonds is 14. The summed E-state index contributed by atoms with van der Waals surface area (Å²) in [5.41, 5.74) is 38.3. The summed E-state index contributed by atoms with van der Waals surface area (Å²) >= 11 is 0. The van der Waals surface area contributed by atoms with Crippen LogP contribution in [0.4, 0.5) is 0 Å². The third-order valence-electron chi connectivity index (χ3n) is 25.2. The SMILES string of the molecule is CCc1cc(CC)c(C)c(-c2c3ccc(CC(C)(C)C)cc3cc[n+]2C)c1.CCc1ccc(C)c(-c2c3ccc(CC(C)(C)C)cc3cc[n+]2C)c1.Cc1cc(C)c(C)c(-c2c3ccc(CC(C)(C)C)cc3cc[n+]2C)c1.Cc1ccc(C(C)C)cc1-c1c2ccc(CC(C)(C)C)cc2cc[n+]1C.Cc1ccc(C)c(-c2c3ccc(CC(C)(C)C)cc3cc[n+]2C)c1. The molecule has 15 aromatic rings. The van der Waals surface area contributed by atoms with E-state index in [0.717, 1.165) is 51.4 Å². The molecule has 0 radical (unpaired) electrons. The summed E-state index contributed by atoms with van der Waals surface area (Å²) in [7, 11) is 10.8. The van der Waals surface area contributed by atoms with Crippen LogP contribution in [0.2, 0.25) is 0 Å². The normalized spacial score (nSPS) is 12.0. The summed E-state index contributed by atoms with van der Waals surface area (Å²) in [4.78, 5) is 0. The molecule has 5 aromatic heterocycles. The van der Waals surface area contributed by atoms with Gasteiger partial charge in [-0.05, 0) is 311 Å². The summed E-state index contributed by atoms with van der Waals surface area (Å²) in [6.07, 6.45) is 19.7. The lowest BCUT2D eigenvalue weighted by Gasteiger charge is -2.18. The van der Waals surface area contributed by atoms with E-state index in [-0.39, 0.29) is 0 Å². The summed E-state index contributed by atoms with van der Waals surface area (Å²) in [5, 5.41) is 13.3. The number of hydrogen-bond acceptors (Lipinski definition) is 0. The minimum absolute atomic E-state index is 0.304. The largest absolute Gasteiger partial charge is 0.220 e. The van der Waals surface area contributed by atoms with Gasteiger partial charge in [0.05, 0.1) is 38.1 Å². The fraction of sp³-hybridized carbons (Fsp3) is 0.385. The van der Waals surface area contributed by atoms with Gasteiger partial charge in [-0.25, -0.2) is 22.8 Å². The topological polar surface area (TPSA) is 19.4 Å². The van der Waals surface area contributed by atoms with Crippen molar-refractivity contribution in [2.75, 3.05) is 0 Å². The van der Waals surface area contributed by atoms with Gasteiger partial charge in [0.25, 0.3) is 0 Å². The molecule has 662 valence electrons. The van der Waals surface area contributed by atoms with Crippen LogP contribution in [-0.2, 0) is 86.6 Å². The summed E-state index contributed by atoms with van der Waals surface area (Å²) in [5.74, 6) is 0.535. The maximum Gasteiger partial charge on any atom is 0.220 e. The van der Waals surface area contributed by atoms with E-state index in [0.29, 0.717) is 33.0 Å². The Balaban J connectivity index is 0.000000154. The van der Waals surface area contributed by atoms with Crippen LogP contribution >= 0.6 is 0 Å². The van der Waals surface area contributed by atoms with Crippen molar-refractivity contribution in [1.29, 1.82) is 0 Å². The van der Waals surface area contributed by atoms with Crippen LogP contribution in [0.25, 0.3) is 110 Å². The van der Waals surface area contributed by atoms with Crippen molar-refractivity contribution in [1.82, 2.24) is 0 Å². The highest BCUT2D eigenvalue weighted by Gasteiger charge is 2.27. The maximum atomic E-state index is 2.40. The molecule has 0 aliphatic carbocycles. The highest BCUT2D eigenvalue weighted by atomic mass is 14.9. The van der Waals surface area contributed by atoms with Gasteiger partial charge in [0, 0.05) is 47.0 Å². The number of fused-ring (bicyclic) bond motifs is 5. The molecule has 0 saturated heterocycles. The first kappa shape index (κ1) is 96.9. The van der Waals surface area contributed by atoms with Crippen LogP contribution in [0.1, 0.15) is 239 Å². The van der Waals surface area contributed by atoms with Crippen molar-refractivity contribution in [2.45, 2.75) is 251 Å². The molecule has 0 amide bonds. The first-order valence-corrected chi connectivity index (χ1v) is 47.1. The fourth-order valence-corrected chi connectivity index (χ4v) is 18.7. The molecule has 0 fully saturated rings. The van der Waals surface area contributed by atoms with Crippen molar-refractivity contribution in [3.05, 3.63) is 326 Å². The second-order valence-electron chi connectivity index (χ2n) is 43.6. The van der Waals surface area contributed by atoms with Crippen LogP contribution in [0.15, 0.2) is 231 Å². The molecule has 5 nitrogen and oxygen atoms in total. The lowest BCUT2D eigenvalue weighted by atomic mass is 9.87. The average molecular weight is 1690 g/mol. The van der Waals surface area contributed by atoms with Gasteiger partial charge in [0.15, 0.2) is 31.0 Å². The van der Waals surface area contributed by atoms with Crippen molar-refractivity contribution in [3.8, 4) is 56.3 Å². The second-order valence-corrected chi connectivity index (χ2v) is 43.6.